The molecule has 0 saturated carbocycles. The lowest BCUT2D eigenvalue weighted by Gasteiger charge is -2.34. The minimum absolute atomic E-state index is 0.472. The number of rotatable bonds is 7. The molecule has 0 radical (unpaired) electrons. The summed E-state index contributed by atoms with van der Waals surface area (Å²) in [6.45, 7) is 0. The fourth-order valence-electron chi connectivity index (χ4n) is 10.5. The van der Waals surface area contributed by atoms with E-state index >= 15 is 0 Å². The maximum Gasteiger partial charge on any atom is 0.143 e. The number of fused-ring (bicyclic) bond motifs is 9. The summed E-state index contributed by atoms with van der Waals surface area (Å²) in [7, 11) is 0. The van der Waals surface area contributed by atoms with Gasteiger partial charge in [0.05, 0.1) is 5.41 Å². The second-order valence-corrected chi connectivity index (χ2v) is 16.8. The summed E-state index contributed by atoms with van der Waals surface area (Å²) >= 11 is 0. The van der Waals surface area contributed by atoms with Crippen LogP contribution in [-0.4, -0.2) is 0 Å². The van der Waals surface area contributed by atoms with Crippen LogP contribution in [0.5, 0.6) is 0 Å². The minimum Gasteiger partial charge on any atom is -0.456 e. The highest BCUT2D eigenvalue weighted by Gasteiger charge is 2.45. The molecule has 0 bridgehead atoms. The van der Waals surface area contributed by atoms with E-state index in [1.807, 2.05) is 24.3 Å². The Balaban J connectivity index is 0.939. The molecule has 2 aromatic heterocycles. The molecule has 0 unspecified atom stereocenters. The van der Waals surface area contributed by atoms with E-state index in [1.54, 1.807) is 0 Å². The van der Waals surface area contributed by atoms with Crippen LogP contribution in [0, 0.1) is 0 Å². The zero-order valence-electron chi connectivity index (χ0n) is 34.8. The molecular formula is C61H39NO2. The number of hydrogen-bond donors (Lipinski definition) is 0. The molecule has 0 aliphatic heterocycles. The van der Waals surface area contributed by atoms with E-state index in [0.29, 0.717) is 0 Å². The molecule has 3 nitrogen and oxygen atoms in total. The van der Waals surface area contributed by atoms with E-state index in [-0.39, 0.29) is 0 Å². The summed E-state index contributed by atoms with van der Waals surface area (Å²) in [5.41, 5.74) is 18.4. The van der Waals surface area contributed by atoms with Crippen molar-refractivity contribution in [2.75, 3.05) is 4.90 Å². The quantitative estimate of drug-likeness (QED) is 0.160. The van der Waals surface area contributed by atoms with Gasteiger partial charge in [-0.25, -0.2) is 0 Å². The smallest absolute Gasteiger partial charge is 0.143 e. The summed E-state index contributed by atoms with van der Waals surface area (Å²) in [4.78, 5) is 2.36. The molecule has 0 amide bonds. The van der Waals surface area contributed by atoms with Gasteiger partial charge in [0.1, 0.15) is 22.3 Å². The van der Waals surface area contributed by atoms with Crippen LogP contribution in [0.3, 0.4) is 0 Å². The number of hydrogen-bond acceptors (Lipinski definition) is 3. The van der Waals surface area contributed by atoms with Gasteiger partial charge in [0.15, 0.2) is 0 Å². The lowest BCUT2D eigenvalue weighted by Crippen LogP contribution is -2.28. The Bertz CT molecular complexity index is 3660. The molecule has 300 valence electrons. The molecule has 0 atom stereocenters. The third kappa shape index (κ3) is 5.47. The standard InChI is InChI=1S/C61H39NO2/c1-2-13-43(14-3-1)61(55-21-8-4-15-49(55)50-16-5-9-22-56(50)61)44-30-36-47(37-31-44)62(45-32-25-40(26-33-45)42-29-38-59-54(39-42)52-18-7-10-23-57(52)63-59)46-34-27-41(28-35-46)48-19-12-20-53-51-17-6-11-24-58(51)64-60(48)53/h1-39H. The van der Waals surface area contributed by atoms with Crippen LogP contribution in [0.2, 0.25) is 0 Å². The van der Waals surface area contributed by atoms with Crippen molar-refractivity contribution >= 4 is 60.9 Å². The average molecular weight is 818 g/mol. The Morgan fingerprint density at radius 3 is 1.44 bits per heavy atom. The van der Waals surface area contributed by atoms with Gasteiger partial charge in [-0.2, -0.15) is 0 Å². The van der Waals surface area contributed by atoms with Crippen LogP contribution in [0.25, 0.3) is 77.3 Å². The Hall–Kier alpha value is -8.40. The summed E-state index contributed by atoms with van der Waals surface area (Å²) in [5, 5.41) is 4.51. The lowest BCUT2D eigenvalue weighted by atomic mass is 9.68. The predicted octanol–water partition coefficient (Wildman–Crippen LogP) is 16.7. The van der Waals surface area contributed by atoms with E-state index < -0.39 is 5.41 Å². The first kappa shape index (κ1) is 36.3. The second-order valence-electron chi connectivity index (χ2n) is 16.8. The van der Waals surface area contributed by atoms with Crippen LogP contribution in [0.15, 0.2) is 245 Å². The topological polar surface area (TPSA) is 29.5 Å². The maximum absolute atomic E-state index is 6.46. The van der Waals surface area contributed by atoms with Crippen molar-refractivity contribution in [1.82, 2.24) is 0 Å². The van der Waals surface area contributed by atoms with E-state index in [4.69, 9.17) is 8.83 Å². The van der Waals surface area contributed by atoms with Gasteiger partial charge < -0.3 is 13.7 Å². The van der Waals surface area contributed by atoms with Crippen molar-refractivity contribution < 1.29 is 8.83 Å². The van der Waals surface area contributed by atoms with Crippen molar-refractivity contribution in [1.29, 1.82) is 0 Å². The molecule has 0 spiro atoms. The molecule has 0 saturated heterocycles. The number of anilines is 3. The van der Waals surface area contributed by atoms with E-state index in [0.717, 1.165) is 83.2 Å². The van der Waals surface area contributed by atoms with Crippen molar-refractivity contribution in [3.05, 3.63) is 259 Å². The summed E-state index contributed by atoms with van der Waals surface area (Å²) in [6, 6.07) is 85.3. The largest absolute Gasteiger partial charge is 0.456 e. The number of benzene rings is 10. The van der Waals surface area contributed by atoms with Crippen LogP contribution in [-0.2, 0) is 5.41 Å². The molecule has 0 fully saturated rings. The zero-order valence-corrected chi connectivity index (χ0v) is 34.8. The zero-order chi connectivity index (χ0) is 42.2. The molecule has 10 aromatic carbocycles. The third-order valence-electron chi connectivity index (χ3n) is 13.4. The Morgan fingerprint density at radius 2 is 0.766 bits per heavy atom. The second kappa shape index (κ2) is 14.3. The SMILES string of the molecule is c1ccc(C2(c3ccc(N(c4ccc(-c5ccc6oc7ccccc7c6c5)cc4)c4ccc(-c5cccc6c5oc5ccccc56)cc4)cc3)c3ccccc3-c3ccccc32)cc1. The highest BCUT2D eigenvalue weighted by atomic mass is 16.3. The maximum atomic E-state index is 6.46. The van der Waals surface area contributed by atoms with E-state index in [2.05, 4.69) is 217 Å². The molecular weight excluding hydrogens is 779 g/mol. The van der Waals surface area contributed by atoms with E-state index in [9.17, 15) is 0 Å². The van der Waals surface area contributed by atoms with Crippen molar-refractivity contribution in [2.24, 2.45) is 0 Å². The van der Waals surface area contributed by atoms with Crippen molar-refractivity contribution in [2.45, 2.75) is 5.41 Å². The Kier molecular flexibility index (Phi) is 8.13. The van der Waals surface area contributed by atoms with Crippen LogP contribution < -0.4 is 4.90 Å². The lowest BCUT2D eigenvalue weighted by molar-refractivity contribution is 0.669. The fraction of sp³-hybridized carbons (Fsp3) is 0.0164. The van der Waals surface area contributed by atoms with Gasteiger partial charge in [0.2, 0.25) is 0 Å². The number of furan rings is 2. The molecule has 1 aliphatic rings. The highest BCUT2D eigenvalue weighted by Crippen LogP contribution is 2.56. The number of nitrogens with zero attached hydrogens (tertiary/aromatic N) is 1. The van der Waals surface area contributed by atoms with Gasteiger partial charge in [-0.3, -0.25) is 0 Å². The molecule has 64 heavy (non-hydrogen) atoms. The Morgan fingerprint density at radius 1 is 0.297 bits per heavy atom. The fourth-order valence-corrected chi connectivity index (χ4v) is 10.5. The van der Waals surface area contributed by atoms with Gasteiger partial charge >= 0.3 is 0 Å². The molecule has 2 heterocycles. The molecule has 1 aliphatic carbocycles. The van der Waals surface area contributed by atoms with Gasteiger partial charge in [0, 0.05) is 44.2 Å². The van der Waals surface area contributed by atoms with E-state index in [1.165, 1.54) is 33.4 Å². The summed E-state index contributed by atoms with van der Waals surface area (Å²) < 4.78 is 12.6. The van der Waals surface area contributed by atoms with Gasteiger partial charge in [-0.05, 0) is 111 Å². The first-order valence-corrected chi connectivity index (χ1v) is 21.9. The first-order chi connectivity index (χ1) is 31.7. The average Bonchev–Trinajstić information content (AvgIpc) is 4.04. The molecule has 12 aromatic rings. The summed E-state index contributed by atoms with van der Waals surface area (Å²) in [6.07, 6.45) is 0. The van der Waals surface area contributed by atoms with Crippen molar-refractivity contribution in [3.8, 4) is 33.4 Å². The van der Waals surface area contributed by atoms with Gasteiger partial charge in [-0.15, -0.1) is 0 Å². The molecule has 0 N–H and O–H groups in total. The Labute approximate surface area is 370 Å². The summed E-state index contributed by atoms with van der Waals surface area (Å²) in [5.74, 6) is 0. The first-order valence-electron chi connectivity index (χ1n) is 21.9. The van der Waals surface area contributed by atoms with Gasteiger partial charge in [0.25, 0.3) is 0 Å². The van der Waals surface area contributed by atoms with Crippen molar-refractivity contribution in [3.63, 3.8) is 0 Å². The van der Waals surface area contributed by atoms with Crippen LogP contribution in [0.1, 0.15) is 22.3 Å². The normalized spacial score (nSPS) is 12.8. The minimum atomic E-state index is -0.472. The highest BCUT2D eigenvalue weighted by molar-refractivity contribution is 6.10. The molecule has 3 heteroatoms. The van der Waals surface area contributed by atoms with Crippen LogP contribution >= 0.6 is 0 Å². The van der Waals surface area contributed by atoms with Crippen LogP contribution in [0.4, 0.5) is 17.1 Å². The predicted molar refractivity (Wildman–Crippen MR) is 264 cm³/mol. The molecule has 13 rings (SSSR count). The monoisotopic (exact) mass is 817 g/mol. The third-order valence-corrected chi connectivity index (χ3v) is 13.4. The number of para-hydroxylation sites is 3. The van der Waals surface area contributed by atoms with Gasteiger partial charge in [-0.1, -0.05) is 176 Å².